The molecule has 0 N–H and O–H groups in total. The first-order valence-electron chi connectivity index (χ1n) is 3.22. The number of rotatable bonds is 1. The number of pyridine rings is 1. The molecule has 0 spiro atoms. The molecule has 0 atom stereocenters. The van der Waals surface area contributed by atoms with Crippen LogP contribution in [0.1, 0.15) is 11.1 Å². The van der Waals surface area contributed by atoms with E-state index in [9.17, 15) is 13.2 Å². The van der Waals surface area contributed by atoms with Crippen molar-refractivity contribution in [1.82, 2.24) is 4.98 Å². The zero-order chi connectivity index (χ0) is 10.1. The summed E-state index contributed by atoms with van der Waals surface area (Å²) in [6.45, 7) is 0. The van der Waals surface area contributed by atoms with Crippen LogP contribution in [0.4, 0.5) is 13.2 Å². The Bertz CT molecular complexity index is 313. The molecule has 0 bridgehead atoms. The summed E-state index contributed by atoms with van der Waals surface area (Å²) in [6.07, 6.45) is -2.43. The fourth-order valence-corrected chi connectivity index (χ4v) is 1.64. The summed E-state index contributed by atoms with van der Waals surface area (Å²) in [7, 11) is 0. The van der Waals surface area contributed by atoms with Gasteiger partial charge in [-0.3, -0.25) is 4.98 Å². The lowest BCUT2D eigenvalue weighted by Gasteiger charge is -2.09. The van der Waals surface area contributed by atoms with Crippen molar-refractivity contribution in [3.05, 3.63) is 28.5 Å². The maximum atomic E-state index is 12.2. The van der Waals surface area contributed by atoms with Crippen LogP contribution in [0.15, 0.2) is 12.4 Å². The average Bonchev–Trinajstić information content (AvgIpc) is 2.02. The molecule has 1 nitrogen and oxygen atoms in total. The summed E-state index contributed by atoms with van der Waals surface area (Å²) in [5, 5.41) is -0.0395. The predicted octanol–water partition coefficient (Wildman–Crippen LogP) is 3.65. The quantitative estimate of drug-likeness (QED) is 0.712. The van der Waals surface area contributed by atoms with E-state index >= 15 is 0 Å². The molecule has 0 aromatic carbocycles. The number of alkyl halides is 4. The Hall–Kier alpha value is -0.290. The number of halogens is 5. The van der Waals surface area contributed by atoms with Gasteiger partial charge in [-0.05, 0) is 0 Å². The number of nitrogens with zero attached hydrogens (tertiary/aromatic N) is 1. The monoisotopic (exact) mass is 273 g/mol. The Balaban J connectivity index is 3.24. The van der Waals surface area contributed by atoms with Gasteiger partial charge >= 0.3 is 6.18 Å². The minimum atomic E-state index is -4.44. The second-order valence-electron chi connectivity index (χ2n) is 2.29. The molecule has 6 heteroatoms. The molecule has 0 aliphatic carbocycles. The molecule has 0 aliphatic rings. The van der Waals surface area contributed by atoms with Crippen molar-refractivity contribution in [2.45, 2.75) is 11.5 Å². The summed E-state index contributed by atoms with van der Waals surface area (Å²) >= 11 is 8.52. The largest absolute Gasteiger partial charge is 0.419 e. The van der Waals surface area contributed by atoms with E-state index in [-0.39, 0.29) is 10.4 Å². The molecule has 13 heavy (non-hydrogen) atoms. The fourth-order valence-electron chi connectivity index (χ4n) is 0.779. The molecule has 0 fully saturated rings. The molecule has 0 unspecified atom stereocenters. The Kier molecular flexibility index (Phi) is 3.18. The first kappa shape index (κ1) is 10.8. The third-order valence-electron chi connectivity index (χ3n) is 1.40. The summed E-state index contributed by atoms with van der Waals surface area (Å²) in [6, 6.07) is 0. The van der Waals surface area contributed by atoms with Gasteiger partial charge in [0.05, 0.1) is 10.6 Å². The highest BCUT2D eigenvalue weighted by atomic mass is 79.9. The fraction of sp³-hybridized carbons (Fsp3) is 0.286. The molecule has 0 aliphatic heterocycles. The van der Waals surface area contributed by atoms with E-state index < -0.39 is 11.7 Å². The lowest BCUT2D eigenvalue weighted by Crippen LogP contribution is -2.07. The zero-order valence-corrected chi connectivity index (χ0v) is 8.54. The summed E-state index contributed by atoms with van der Waals surface area (Å²) in [5.41, 5.74) is -0.567. The van der Waals surface area contributed by atoms with Gasteiger partial charge < -0.3 is 0 Å². The van der Waals surface area contributed by atoms with E-state index in [0.717, 1.165) is 0 Å². The van der Waals surface area contributed by atoms with E-state index in [1.165, 1.54) is 6.20 Å². The molecule has 72 valence electrons. The van der Waals surface area contributed by atoms with E-state index in [0.29, 0.717) is 11.8 Å². The van der Waals surface area contributed by atoms with E-state index in [4.69, 9.17) is 11.6 Å². The van der Waals surface area contributed by atoms with Crippen molar-refractivity contribution in [3.8, 4) is 0 Å². The smallest absolute Gasteiger partial charge is 0.264 e. The van der Waals surface area contributed by atoms with Gasteiger partial charge in [-0.2, -0.15) is 13.2 Å². The number of hydrogen-bond donors (Lipinski definition) is 0. The standard InChI is InChI=1S/C7H4BrClF3N/c8-1-4-2-13-3-5(6(4)9)7(10,11)12/h2-3H,1H2. The summed E-state index contributed by atoms with van der Waals surface area (Å²) in [4.78, 5) is 3.45. The van der Waals surface area contributed by atoms with Crippen LogP contribution in [0, 0.1) is 0 Å². The highest BCUT2D eigenvalue weighted by Crippen LogP contribution is 2.35. The van der Waals surface area contributed by atoms with Gasteiger partial charge in [-0.25, -0.2) is 0 Å². The van der Waals surface area contributed by atoms with Crippen LogP contribution in [0.3, 0.4) is 0 Å². The van der Waals surface area contributed by atoms with Crippen molar-refractivity contribution in [2.24, 2.45) is 0 Å². The Morgan fingerprint density at radius 3 is 2.46 bits per heavy atom. The molecule has 1 aromatic heterocycles. The topological polar surface area (TPSA) is 12.9 Å². The van der Waals surface area contributed by atoms with Gasteiger partial charge in [0.1, 0.15) is 0 Å². The van der Waals surface area contributed by atoms with Crippen LogP contribution in [0.2, 0.25) is 5.02 Å². The minimum absolute atomic E-state index is 0.253. The molecule has 0 radical (unpaired) electrons. The first-order chi connectivity index (χ1) is 5.96. The lowest BCUT2D eigenvalue weighted by molar-refractivity contribution is -0.137. The van der Waals surface area contributed by atoms with Crippen molar-refractivity contribution in [3.63, 3.8) is 0 Å². The van der Waals surface area contributed by atoms with Gasteiger partial charge in [0.25, 0.3) is 0 Å². The highest BCUT2D eigenvalue weighted by molar-refractivity contribution is 9.08. The van der Waals surface area contributed by atoms with Gasteiger partial charge in [-0.1, -0.05) is 27.5 Å². The third kappa shape index (κ3) is 2.34. The summed E-state index contributed by atoms with van der Waals surface area (Å²) < 4.78 is 36.7. The Labute approximate surface area is 86.0 Å². The zero-order valence-electron chi connectivity index (χ0n) is 6.20. The van der Waals surface area contributed by atoms with E-state index in [2.05, 4.69) is 20.9 Å². The Morgan fingerprint density at radius 2 is 2.00 bits per heavy atom. The number of aromatic nitrogens is 1. The van der Waals surface area contributed by atoms with Crippen LogP contribution in [-0.4, -0.2) is 4.98 Å². The molecule has 1 heterocycles. The maximum Gasteiger partial charge on any atom is 0.419 e. The minimum Gasteiger partial charge on any atom is -0.264 e. The highest BCUT2D eigenvalue weighted by Gasteiger charge is 2.34. The van der Waals surface area contributed by atoms with Crippen molar-refractivity contribution in [1.29, 1.82) is 0 Å². The van der Waals surface area contributed by atoms with Crippen LogP contribution in [0.25, 0.3) is 0 Å². The first-order valence-corrected chi connectivity index (χ1v) is 4.72. The number of hydrogen-bond acceptors (Lipinski definition) is 1. The van der Waals surface area contributed by atoms with E-state index in [1.54, 1.807) is 0 Å². The van der Waals surface area contributed by atoms with Crippen molar-refractivity contribution in [2.75, 3.05) is 0 Å². The normalized spacial score (nSPS) is 11.8. The van der Waals surface area contributed by atoms with Gasteiger partial charge in [0.2, 0.25) is 0 Å². The molecule has 0 amide bonds. The second kappa shape index (κ2) is 3.84. The molecular formula is C7H4BrClF3N. The van der Waals surface area contributed by atoms with Crippen molar-refractivity contribution < 1.29 is 13.2 Å². The Morgan fingerprint density at radius 1 is 1.38 bits per heavy atom. The third-order valence-corrected chi connectivity index (χ3v) is 2.45. The van der Waals surface area contributed by atoms with Gasteiger partial charge in [0, 0.05) is 23.3 Å². The average molecular weight is 274 g/mol. The van der Waals surface area contributed by atoms with Crippen LogP contribution in [0.5, 0.6) is 0 Å². The van der Waals surface area contributed by atoms with Gasteiger partial charge in [-0.15, -0.1) is 0 Å². The molecule has 1 aromatic rings. The van der Waals surface area contributed by atoms with E-state index in [1.807, 2.05) is 0 Å². The molecule has 0 saturated heterocycles. The van der Waals surface area contributed by atoms with Crippen LogP contribution >= 0.6 is 27.5 Å². The maximum absolute atomic E-state index is 12.2. The van der Waals surface area contributed by atoms with Crippen LogP contribution < -0.4 is 0 Å². The second-order valence-corrected chi connectivity index (χ2v) is 3.23. The predicted molar refractivity (Wildman–Crippen MR) is 46.9 cm³/mol. The molecule has 0 saturated carbocycles. The lowest BCUT2D eigenvalue weighted by atomic mass is 10.2. The van der Waals surface area contributed by atoms with Crippen LogP contribution in [-0.2, 0) is 11.5 Å². The SMILES string of the molecule is FC(F)(F)c1cncc(CBr)c1Cl. The summed E-state index contributed by atoms with van der Waals surface area (Å²) in [5.74, 6) is 0. The molecular weight excluding hydrogens is 270 g/mol. The van der Waals surface area contributed by atoms with Crippen molar-refractivity contribution >= 4 is 27.5 Å². The van der Waals surface area contributed by atoms with Gasteiger partial charge in [0.15, 0.2) is 0 Å². The molecule has 1 rings (SSSR count).